The molecule has 8 aromatic carbocycles. The molecule has 1 aliphatic heterocycles. The molecule has 12 rings (SSSR count). The molecule has 8 nitrogen and oxygen atoms in total. The zero-order valence-electron chi connectivity index (χ0n) is 33.0. The lowest BCUT2D eigenvalue weighted by Gasteiger charge is -2.28. The number of aromatic hydroxyl groups is 4. The molecule has 1 aliphatic carbocycles. The van der Waals surface area contributed by atoms with Crippen LogP contribution in [-0.2, 0) is 0 Å². The highest BCUT2D eigenvalue weighted by Crippen LogP contribution is 2.50. The van der Waals surface area contributed by atoms with Crippen molar-refractivity contribution in [1.29, 1.82) is 0 Å². The van der Waals surface area contributed by atoms with Crippen LogP contribution in [0.25, 0.3) is 76.9 Å². The summed E-state index contributed by atoms with van der Waals surface area (Å²) in [7, 11) is 1.00. The Bertz CT molecular complexity index is 3470. The molecule has 0 bridgehead atoms. The number of benzene rings is 8. The minimum atomic E-state index is -0.780. The van der Waals surface area contributed by atoms with E-state index in [1.165, 1.54) is 23.0 Å². The number of para-hydroxylation sites is 2. The van der Waals surface area contributed by atoms with Gasteiger partial charge in [0.1, 0.15) is 0 Å². The third kappa shape index (κ3) is 5.29. The highest BCUT2D eigenvalue weighted by Gasteiger charge is 2.37. The van der Waals surface area contributed by atoms with Crippen LogP contribution in [0.1, 0.15) is 11.5 Å². The van der Waals surface area contributed by atoms with E-state index in [-0.39, 0.29) is 11.7 Å². The van der Waals surface area contributed by atoms with Crippen LogP contribution in [0.5, 0.6) is 23.0 Å². The average Bonchev–Trinajstić information content (AvgIpc) is 3.95. The summed E-state index contributed by atoms with van der Waals surface area (Å²) in [5, 5.41) is 55.8. The van der Waals surface area contributed by atoms with Crippen LogP contribution in [0, 0.1) is 0 Å². The first-order chi connectivity index (χ1) is 29.9. The van der Waals surface area contributed by atoms with Crippen molar-refractivity contribution >= 4 is 65.8 Å². The first-order valence-electron chi connectivity index (χ1n) is 20.2. The molecule has 0 spiro atoms. The fraction of sp³-hybridized carbons (Fsp3) is 0.0566. The van der Waals surface area contributed by atoms with E-state index in [0.29, 0.717) is 5.92 Å². The topological polar surface area (TPSA) is 114 Å². The number of aliphatic hydroxyl groups excluding tert-OH is 1. The second kappa shape index (κ2) is 13.8. The number of rotatable bonds is 4. The zero-order chi connectivity index (χ0) is 41.5. The lowest BCUT2D eigenvalue weighted by atomic mass is 9.90. The van der Waals surface area contributed by atoms with E-state index >= 15 is 0 Å². The fourth-order valence-corrected chi connectivity index (χ4v) is 9.78. The third-order valence-corrected chi connectivity index (χ3v) is 12.4. The van der Waals surface area contributed by atoms with Gasteiger partial charge in [-0.25, -0.2) is 0 Å². The summed E-state index contributed by atoms with van der Waals surface area (Å²) >= 11 is 0. The van der Waals surface area contributed by atoms with Crippen LogP contribution in [0.2, 0.25) is 0 Å². The highest BCUT2D eigenvalue weighted by molar-refractivity contribution is 6.19. The Labute approximate surface area is 350 Å². The molecule has 0 amide bonds. The minimum absolute atomic E-state index is 0.149. The highest BCUT2D eigenvalue weighted by atomic mass is 16.3. The predicted octanol–water partition coefficient (Wildman–Crippen LogP) is 11.9. The van der Waals surface area contributed by atoms with Crippen LogP contribution in [0.3, 0.4) is 0 Å². The SMILES string of the molecule is CO.Oc1cc(-n2c3ccc(-n4c5ccccc5c5cc(-c6ccc7c(c6)N(c6ccccc6)C6C=CC=CC76)ccc54)cc3c3ccc4ccccc4c32)c(O)c(O)c1O. The Morgan fingerprint density at radius 2 is 1.11 bits per heavy atom. The predicted molar refractivity (Wildman–Crippen MR) is 246 cm³/mol. The molecule has 2 atom stereocenters. The number of allylic oxidation sites excluding steroid dienone is 2. The maximum atomic E-state index is 11.2. The van der Waals surface area contributed by atoms with Gasteiger partial charge in [-0.3, -0.25) is 0 Å². The van der Waals surface area contributed by atoms with E-state index < -0.39 is 23.0 Å². The zero-order valence-corrected chi connectivity index (χ0v) is 33.0. The van der Waals surface area contributed by atoms with E-state index in [2.05, 4.69) is 149 Å². The van der Waals surface area contributed by atoms with Crippen LogP contribution in [-0.4, -0.2) is 47.8 Å². The van der Waals surface area contributed by atoms with E-state index in [1.54, 1.807) is 0 Å². The number of aliphatic hydroxyl groups is 1. The molecule has 0 saturated heterocycles. The van der Waals surface area contributed by atoms with Gasteiger partial charge >= 0.3 is 0 Å². The van der Waals surface area contributed by atoms with Gasteiger partial charge in [0.25, 0.3) is 0 Å². The van der Waals surface area contributed by atoms with Gasteiger partial charge in [0, 0.05) is 63.1 Å². The van der Waals surface area contributed by atoms with Gasteiger partial charge in [-0.05, 0) is 76.7 Å². The maximum absolute atomic E-state index is 11.2. The van der Waals surface area contributed by atoms with E-state index in [9.17, 15) is 20.4 Å². The second-order valence-electron chi connectivity index (χ2n) is 15.5. The molecule has 10 aromatic rings. The number of hydrogen-bond acceptors (Lipinski definition) is 6. The van der Waals surface area contributed by atoms with Crippen molar-refractivity contribution < 1.29 is 25.5 Å². The van der Waals surface area contributed by atoms with Crippen molar-refractivity contribution in [3.63, 3.8) is 0 Å². The first kappa shape index (κ1) is 36.2. The summed E-state index contributed by atoms with van der Waals surface area (Å²) in [5.74, 6) is -2.32. The fourth-order valence-electron chi connectivity index (χ4n) is 9.78. The summed E-state index contributed by atoms with van der Waals surface area (Å²) < 4.78 is 4.15. The van der Waals surface area contributed by atoms with Crippen molar-refractivity contribution in [1.82, 2.24) is 9.13 Å². The Morgan fingerprint density at radius 3 is 1.97 bits per heavy atom. The van der Waals surface area contributed by atoms with Gasteiger partial charge in [0.15, 0.2) is 11.5 Å². The molecular weight excluding hydrogens is 759 g/mol. The summed E-state index contributed by atoms with van der Waals surface area (Å²) in [6, 6.07) is 52.7. The number of anilines is 2. The lowest BCUT2D eigenvalue weighted by molar-refractivity contribution is 0.345. The molecule has 0 saturated carbocycles. The Balaban J connectivity index is 0.00000207. The molecule has 0 radical (unpaired) electrons. The smallest absolute Gasteiger partial charge is 0.206 e. The number of hydrogen-bond donors (Lipinski definition) is 5. The van der Waals surface area contributed by atoms with E-state index in [4.69, 9.17) is 5.11 Å². The van der Waals surface area contributed by atoms with Crippen LogP contribution < -0.4 is 4.90 Å². The minimum Gasteiger partial charge on any atom is -0.504 e. The van der Waals surface area contributed by atoms with Crippen LogP contribution in [0.4, 0.5) is 11.4 Å². The molecule has 61 heavy (non-hydrogen) atoms. The van der Waals surface area contributed by atoms with Crippen molar-refractivity contribution in [2.45, 2.75) is 12.0 Å². The van der Waals surface area contributed by atoms with Gasteiger partial charge in [0.2, 0.25) is 11.5 Å². The van der Waals surface area contributed by atoms with Gasteiger partial charge in [0.05, 0.1) is 33.8 Å². The summed E-state index contributed by atoms with van der Waals surface area (Å²) in [4.78, 5) is 2.47. The van der Waals surface area contributed by atoms with Crippen molar-refractivity contribution in [2.24, 2.45) is 0 Å². The second-order valence-corrected chi connectivity index (χ2v) is 15.5. The molecule has 2 aromatic heterocycles. The van der Waals surface area contributed by atoms with Crippen molar-refractivity contribution in [3.05, 3.63) is 182 Å². The van der Waals surface area contributed by atoms with Crippen molar-refractivity contribution in [2.75, 3.05) is 12.0 Å². The monoisotopic (exact) mass is 797 g/mol. The molecule has 2 unspecified atom stereocenters. The Kier molecular flexibility index (Phi) is 8.20. The largest absolute Gasteiger partial charge is 0.504 e. The number of aromatic nitrogens is 2. The maximum Gasteiger partial charge on any atom is 0.206 e. The quantitative estimate of drug-likeness (QED) is 0.0895. The normalized spacial score (nSPS) is 15.5. The lowest BCUT2D eigenvalue weighted by Crippen LogP contribution is -2.28. The van der Waals surface area contributed by atoms with Crippen LogP contribution in [0.15, 0.2) is 176 Å². The Hall–Kier alpha value is -7.94. The molecule has 3 heterocycles. The van der Waals surface area contributed by atoms with Crippen LogP contribution >= 0.6 is 0 Å². The van der Waals surface area contributed by atoms with Crippen molar-refractivity contribution in [3.8, 4) is 45.5 Å². The first-order valence-corrected chi connectivity index (χ1v) is 20.2. The molecular formula is C53H39N3O5. The molecule has 2 aliphatic rings. The molecule has 5 N–H and O–H groups in total. The average molecular weight is 798 g/mol. The summed E-state index contributed by atoms with van der Waals surface area (Å²) in [6.45, 7) is 0. The standard InChI is InChI=1S/C52H35N3O4.CH4O/c56-48-29-47(50(57)52(59)51(48)58)55-45-25-21-34(28-41(45)39-23-18-30-10-4-5-13-35(30)49(39)55)54-43-17-9-7-15-37(43)40-26-31(20-24-44(40)54)32-19-22-38-36-14-6-8-16-42(36)53(46(38)27-32)33-11-2-1-3-12-33;1-2/h1-29,36,42,56-59H;2H,1H3. The van der Waals surface area contributed by atoms with Gasteiger partial charge < -0.3 is 39.6 Å². The molecule has 296 valence electrons. The van der Waals surface area contributed by atoms with Gasteiger partial charge in [-0.1, -0.05) is 115 Å². The summed E-state index contributed by atoms with van der Waals surface area (Å²) in [6.07, 6.45) is 8.94. The number of fused-ring (bicyclic) bond motifs is 11. The molecule has 0 fully saturated rings. The third-order valence-electron chi connectivity index (χ3n) is 12.4. The van der Waals surface area contributed by atoms with E-state index in [0.717, 1.165) is 78.3 Å². The summed E-state index contributed by atoms with van der Waals surface area (Å²) in [5.41, 5.74) is 10.9. The Morgan fingerprint density at radius 1 is 0.443 bits per heavy atom. The number of nitrogens with zero attached hydrogens (tertiary/aromatic N) is 3. The number of phenols is 4. The van der Waals surface area contributed by atoms with Gasteiger partial charge in [-0.2, -0.15) is 0 Å². The number of phenolic OH excluding ortho intramolecular Hbond substituents is 4. The molecule has 8 heteroatoms. The van der Waals surface area contributed by atoms with Gasteiger partial charge in [-0.15, -0.1) is 0 Å². The van der Waals surface area contributed by atoms with E-state index in [1.807, 2.05) is 34.9 Å².